The maximum Gasteiger partial charge on any atom is 0.225 e. The van der Waals surface area contributed by atoms with Crippen LogP contribution in [0, 0.1) is 0 Å². The van der Waals surface area contributed by atoms with E-state index < -0.39 is 0 Å². The minimum absolute atomic E-state index is 0.00361. The van der Waals surface area contributed by atoms with Crippen LogP contribution in [-0.2, 0) is 11.8 Å². The predicted molar refractivity (Wildman–Crippen MR) is 111 cm³/mol. The fraction of sp³-hybridized carbons (Fsp3) is 0.200. The third-order valence-electron chi connectivity index (χ3n) is 3.80. The molecule has 0 spiro atoms. The van der Waals surface area contributed by atoms with Gasteiger partial charge in [0.25, 0.3) is 0 Å². The molecule has 0 aliphatic carbocycles. The molecule has 0 bridgehead atoms. The summed E-state index contributed by atoms with van der Waals surface area (Å²) >= 11 is 3.19. The van der Waals surface area contributed by atoms with E-state index in [1.807, 2.05) is 66.3 Å². The number of methoxy groups -OCH3 is 1. The van der Waals surface area contributed by atoms with Crippen molar-refractivity contribution in [2.45, 2.75) is 21.4 Å². The van der Waals surface area contributed by atoms with Gasteiger partial charge in [0.15, 0.2) is 5.16 Å². The zero-order valence-corrected chi connectivity index (χ0v) is 16.8. The Balaban J connectivity index is 1.54. The Morgan fingerprint density at radius 2 is 1.96 bits per heavy atom. The van der Waals surface area contributed by atoms with Gasteiger partial charge in [-0.2, -0.15) is 0 Å². The first-order valence-electron chi connectivity index (χ1n) is 8.46. The molecule has 1 heterocycles. The molecule has 0 aliphatic heterocycles. The average Bonchev–Trinajstić information content (AvgIpc) is 3.08. The average molecular weight is 400 g/mol. The lowest BCUT2D eigenvalue weighted by Gasteiger charge is -2.10. The minimum atomic E-state index is 0.00361. The number of carbonyl (C=O) groups excluding carboxylic acids is 1. The molecule has 0 saturated heterocycles. The summed E-state index contributed by atoms with van der Waals surface area (Å²) in [6.45, 7) is 0. The largest absolute Gasteiger partial charge is 0.497 e. The van der Waals surface area contributed by atoms with Crippen LogP contribution in [0.25, 0.3) is 0 Å². The van der Waals surface area contributed by atoms with E-state index in [4.69, 9.17) is 4.74 Å². The van der Waals surface area contributed by atoms with Crippen molar-refractivity contribution in [2.75, 3.05) is 18.2 Å². The summed E-state index contributed by atoms with van der Waals surface area (Å²) in [5, 5.41) is 3.90. The van der Waals surface area contributed by atoms with E-state index in [0.717, 1.165) is 26.4 Å². The van der Waals surface area contributed by atoms with Crippen molar-refractivity contribution in [1.82, 2.24) is 9.55 Å². The molecule has 0 atom stereocenters. The van der Waals surface area contributed by atoms with Crippen molar-refractivity contribution in [2.24, 2.45) is 7.05 Å². The smallest absolute Gasteiger partial charge is 0.225 e. The first-order chi connectivity index (χ1) is 13.2. The van der Waals surface area contributed by atoms with Gasteiger partial charge in [0, 0.05) is 41.4 Å². The Bertz CT molecular complexity index is 894. The maximum atomic E-state index is 12.4. The molecular weight excluding hydrogens is 378 g/mol. The number of nitrogens with one attached hydrogen (secondary N) is 1. The number of para-hydroxylation sites is 1. The van der Waals surface area contributed by atoms with Crippen molar-refractivity contribution in [3.63, 3.8) is 0 Å². The lowest BCUT2D eigenvalue weighted by Crippen LogP contribution is -2.12. The van der Waals surface area contributed by atoms with Gasteiger partial charge in [0.1, 0.15) is 5.75 Å². The van der Waals surface area contributed by atoms with E-state index in [2.05, 4.69) is 10.3 Å². The zero-order chi connectivity index (χ0) is 19.1. The highest BCUT2D eigenvalue weighted by Gasteiger charge is 2.10. The first-order valence-corrected chi connectivity index (χ1v) is 10.3. The van der Waals surface area contributed by atoms with Crippen LogP contribution in [0.5, 0.6) is 5.75 Å². The summed E-state index contributed by atoms with van der Waals surface area (Å²) < 4.78 is 7.11. The lowest BCUT2D eigenvalue weighted by atomic mass is 10.3. The molecule has 0 unspecified atom stereocenters. The second-order valence-corrected chi connectivity index (χ2v) is 7.92. The van der Waals surface area contributed by atoms with Crippen LogP contribution in [0.2, 0.25) is 0 Å². The summed E-state index contributed by atoms with van der Waals surface area (Å²) in [6, 6.07) is 15.6. The molecule has 27 heavy (non-hydrogen) atoms. The van der Waals surface area contributed by atoms with Crippen LogP contribution in [-0.4, -0.2) is 28.3 Å². The monoisotopic (exact) mass is 399 g/mol. The van der Waals surface area contributed by atoms with Crippen molar-refractivity contribution in [3.05, 3.63) is 60.9 Å². The van der Waals surface area contributed by atoms with Crippen LogP contribution in [0.4, 0.5) is 5.69 Å². The van der Waals surface area contributed by atoms with E-state index >= 15 is 0 Å². The Kier molecular flexibility index (Phi) is 6.84. The SMILES string of the molecule is COc1ccc(SCCC(=O)Nc2ccccc2Sc2nccn2C)cc1. The summed E-state index contributed by atoms with van der Waals surface area (Å²) in [7, 11) is 3.60. The number of ether oxygens (including phenoxy) is 1. The summed E-state index contributed by atoms with van der Waals surface area (Å²) in [6.07, 6.45) is 4.11. The molecular formula is C20H21N3O2S2. The molecule has 0 saturated carbocycles. The first kappa shape index (κ1) is 19.4. The Hall–Kier alpha value is -2.38. The molecule has 3 rings (SSSR count). The normalized spacial score (nSPS) is 10.6. The minimum Gasteiger partial charge on any atom is -0.497 e. The lowest BCUT2D eigenvalue weighted by molar-refractivity contribution is -0.115. The van der Waals surface area contributed by atoms with Gasteiger partial charge in [-0.25, -0.2) is 4.98 Å². The number of anilines is 1. The molecule has 0 aliphatic rings. The molecule has 140 valence electrons. The van der Waals surface area contributed by atoms with Gasteiger partial charge < -0.3 is 14.6 Å². The standard InChI is InChI=1S/C20H21N3O2S2/c1-23-13-12-21-20(23)27-18-6-4-3-5-17(18)22-19(24)11-14-26-16-9-7-15(25-2)8-10-16/h3-10,12-13H,11,14H2,1-2H3,(H,22,24). The molecule has 0 fully saturated rings. The van der Waals surface area contributed by atoms with Crippen molar-refractivity contribution in [1.29, 1.82) is 0 Å². The number of amides is 1. The molecule has 1 aromatic heterocycles. The molecule has 7 heteroatoms. The highest BCUT2D eigenvalue weighted by Crippen LogP contribution is 2.32. The van der Waals surface area contributed by atoms with Gasteiger partial charge in [0.05, 0.1) is 12.8 Å². The molecule has 3 aromatic rings. The molecule has 1 N–H and O–H groups in total. The van der Waals surface area contributed by atoms with E-state index in [1.54, 1.807) is 25.1 Å². The van der Waals surface area contributed by atoms with Gasteiger partial charge in [-0.15, -0.1) is 11.8 Å². The fourth-order valence-electron chi connectivity index (χ4n) is 2.35. The molecule has 1 amide bonds. The van der Waals surface area contributed by atoms with Gasteiger partial charge in [-0.3, -0.25) is 4.79 Å². The number of aryl methyl sites for hydroxylation is 1. The number of carbonyl (C=O) groups is 1. The number of thioether (sulfide) groups is 1. The van der Waals surface area contributed by atoms with Gasteiger partial charge in [-0.1, -0.05) is 12.1 Å². The second kappa shape index (κ2) is 9.53. The third-order valence-corrected chi connectivity index (χ3v) is 5.96. The number of hydrogen-bond acceptors (Lipinski definition) is 5. The van der Waals surface area contributed by atoms with E-state index in [9.17, 15) is 4.79 Å². The van der Waals surface area contributed by atoms with Crippen molar-refractivity contribution in [3.8, 4) is 5.75 Å². The van der Waals surface area contributed by atoms with Crippen molar-refractivity contribution >= 4 is 35.1 Å². The van der Waals surface area contributed by atoms with Gasteiger partial charge >= 0.3 is 0 Å². The van der Waals surface area contributed by atoms with E-state index in [1.165, 1.54) is 11.8 Å². The van der Waals surface area contributed by atoms with E-state index in [0.29, 0.717) is 12.2 Å². The summed E-state index contributed by atoms with van der Waals surface area (Å²) in [5.74, 6) is 1.55. The fourth-order valence-corrected chi connectivity index (χ4v) is 4.10. The Morgan fingerprint density at radius 3 is 2.67 bits per heavy atom. The number of benzene rings is 2. The molecule has 2 aromatic carbocycles. The van der Waals surface area contributed by atoms with Crippen molar-refractivity contribution < 1.29 is 9.53 Å². The Morgan fingerprint density at radius 1 is 1.19 bits per heavy atom. The number of hydrogen-bond donors (Lipinski definition) is 1. The number of imidazole rings is 1. The summed E-state index contributed by atoms with van der Waals surface area (Å²) in [5.41, 5.74) is 0.810. The van der Waals surface area contributed by atoms with Crippen LogP contribution in [0.1, 0.15) is 6.42 Å². The third kappa shape index (κ3) is 5.55. The summed E-state index contributed by atoms with van der Waals surface area (Å²) in [4.78, 5) is 18.8. The quantitative estimate of drug-likeness (QED) is 0.557. The van der Waals surface area contributed by atoms with Crippen LogP contribution in [0.3, 0.4) is 0 Å². The van der Waals surface area contributed by atoms with Crippen LogP contribution >= 0.6 is 23.5 Å². The number of rotatable bonds is 8. The highest BCUT2D eigenvalue weighted by atomic mass is 32.2. The molecule has 0 radical (unpaired) electrons. The van der Waals surface area contributed by atoms with Crippen LogP contribution < -0.4 is 10.1 Å². The zero-order valence-electron chi connectivity index (χ0n) is 15.2. The molecule has 5 nitrogen and oxygen atoms in total. The van der Waals surface area contributed by atoms with Gasteiger partial charge in [0.2, 0.25) is 5.91 Å². The van der Waals surface area contributed by atoms with E-state index in [-0.39, 0.29) is 5.91 Å². The topological polar surface area (TPSA) is 56.1 Å². The second-order valence-electron chi connectivity index (χ2n) is 5.74. The van der Waals surface area contributed by atoms with Crippen LogP contribution in [0.15, 0.2) is 75.9 Å². The predicted octanol–water partition coefficient (Wildman–Crippen LogP) is 4.70. The maximum absolute atomic E-state index is 12.4. The van der Waals surface area contributed by atoms with Gasteiger partial charge in [-0.05, 0) is 48.2 Å². The highest BCUT2D eigenvalue weighted by molar-refractivity contribution is 7.99. The Labute approximate surface area is 167 Å². The number of aromatic nitrogens is 2. The number of nitrogens with zero attached hydrogens (tertiary/aromatic N) is 2.